The van der Waals surface area contributed by atoms with E-state index in [1.54, 1.807) is 11.6 Å². The number of aryl methyl sites for hydroxylation is 1. The van der Waals surface area contributed by atoms with Crippen LogP contribution in [0.2, 0.25) is 0 Å². The van der Waals surface area contributed by atoms with Crippen LogP contribution in [0.3, 0.4) is 0 Å². The van der Waals surface area contributed by atoms with Crippen molar-refractivity contribution in [3.05, 3.63) is 46.3 Å². The lowest BCUT2D eigenvalue weighted by atomic mass is 9.93. The van der Waals surface area contributed by atoms with Crippen molar-refractivity contribution in [1.82, 2.24) is 24.4 Å². The number of fused-ring (bicyclic) bond motifs is 1. The van der Waals surface area contributed by atoms with Crippen molar-refractivity contribution in [2.45, 2.75) is 32.7 Å². The molecule has 2 aromatic heterocycles. The van der Waals surface area contributed by atoms with Gasteiger partial charge in [-0.05, 0) is 37.8 Å². The first-order chi connectivity index (χ1) is 13.1. The van der Waals surface area contributed by atoms with Crippen molar-refractivity contribution in [2.75, 3.05) is 13.1 Å². The van der Waals surface area contributed by atoms with Gasteiger partial charge in [0, 0.05) is 33.1 Å². The van der Waals surface area contributed by atoms with Crippen LogP contribution >= 0.6 is 0 Å². The predicted octanol–water partition coefficient (Wildman–Crippen LogP) is 1.84. The number of piperidine rings is 1. The van der Waals surface area contributed by atoms with Gasteiger partial charge in [-0.25, -0.2) is 9.48 Å². The molecule has 1 aliphatic heterocycles. The lowest BCUT2D eigenvalue weighted by Crippen LogP contribution is -2.39. The number of carbonyl (C=O) groups is 1. The van der Waals surface area contributed by atoms with Gasteiger partial charge in [-0.2, -0.15) is 5.10 Å². The molecule has 1 aliphatic rings. The number of nitrogens with zero attached hydrogens (tertiary/aromatic N) is 5. The Morgan fingerprint density at radius 1 is 1.26 bits per heavy atom. The molecule has 1 amide bonds. The second-order valence-electron chi connectivity index (χ2n) is 7.04. The van der Waals surface area contributed by atoms with Crippen molar-refractivity contribution in [1.29, 1.82) is 0 Å². The lowest BCUT2D eigenvalue weighted by molar-refractivity contribution is 0.0650. The maximum Gasteiger partial charge on any atom is 0.345 e. The van der Waals surface area contributed by atoms with Crippen molar-refractivity contribution in [3.63, 3.8) is 0 Å². The zero-order valence-electron chi connectivity index (χ0n) is 15.6. The first-order valence-electron chi connectivity index (χ1n) is 9.35. The van der Waals surface area contributed by atoms with E-state index in [1.165, 1.54) is 4.68 Å². The third-order valence-corrected chi connectivity index (χ3v) is 5.35. The Morgan fingerprint density at radius 2 is 2.00 bits per heavy atom. The molecule has 0 bridgehead atoms. The van der Waals surface area contributed by atoms with Gasteiger partial charge >= 0.3 is 5.69 Å². The Labute approximate surface area is 156 Å². The molecule has 1 saturated heterocycles. The summed E-state index contributed by atoms with van der Waals surface area (Å²) in [5.74, 6) is 1.45. The fraction of sp³-hybridized carbons (Fsp3) is 0.474. The van der Waals surface area contributed by atoms with E-state index in [9.17, 15) is 9.59 Å². The minimum atomic E-state index is -0.106. The SMILES string of the molecule is CCn1c(CC2CCN(C(=O)c3onc4ccccc34)CC2)nn(C)c1=O. The summed E-state index contributed by atoms with van der Waals surface area (Å²) in [6, 6.07) is 7.44. The van der Waals surface area contributed by atoms with Crippen molar-refractivity contribution in [3.8, 4) is 0 Å². The molecule has 0 saturated carbocycles. The molecular formula is C19H23N5O3. The molecule has 0 unspecified atom stereocenters. The smallest absolute Gasteiger partial charge is 0.345 e. The number of benzene rings is 1. The monoisotopic (exact) mass is 369 g/mol. The molecule has 3 heterocycles. The topological polar surface area (TPSA) is 86.2 Å². The molecule has 8 heteroatoms. The van der Waals surface area contributed by atoms with Crippen LogP contribution in [0.5, 0.6) is 0 Å². The molecule has 27 heavy (non-hydrogen) atoms. The normalized spacial score (nSPS) is 15.6. The summed E-state index contributed by atoms with van der Waals surface area (Å²) in [6.45, 7) is 3.91. The molecule has 1 fully saturated rings. The third-order valence-electron chi connectivity index (χ3n) is 5.35. The summed E-state index contributed by atoms with van der Waals surface area (Å²) in [7, 11) is 1.68. The van der Waals surface area contributed by atoms with E-state index in [4.69, 9.17) is 4.52 Å². The van der Waals surface area contributed by atoms with E-state index in [-0.39, 0.29) is 11.6 Å². The minimum absolute atomic E-state index is 0.0719. The average Bonchev–Trinajstić information content (AvgIpc) is 3.23. The third kappa shape index (κ3) is 3.15. The lowest BCUT2D eigenvalue weighted by Gasteiger charge is -2.31. The Bertz CT molecular complexity index is 1020. The fourth-order valence-electron chi connectivity index (χ4n) is 3.81. The van der Waals surface area contributed by atoms with Crippen LogP contribution in [0.4, 0.5) is 0 Å². The number of likely N-dealkylation sites (tertiary alicyclic amines) is 1. The first-order valence-corrected chi connectivity index (χ1v) is 9.35. The average molecular weight is 369 g/mol. The van der Waals surface area contributed by atoms with Crippen LogP contribution in [-0.2, 0) is 20.0 Å². The number of rotatable bonds is 4. The zero-order valence-corrected chi connectivity index (χ0v) is 15.6. The van der Waals surface area contributed by atoms with Crippen molar-refractivity contribution in [2.24, 2.45) is 13.0 Å². The van der Waals surface area contributed by atoms with Gasteiger partial charge in [0.1, 0.15) is 11.3 Å². The van der Waals surface area contributed by atoms with Crippen LogP contribution in [-0.4, -0.2) is 43.4 Å². The molecule has 0 radical (unpaired) electrons. The Hall–Kier alpha value is -2.90. The summed E-state index contributed by atoms with van der Waals surface area (Å²) >= 11 is 0. The Balaban J connectivity index is 1.42. The Kier molecular flexibility index (Phi) is 4.55. The number of amides is 1. The molecule has 4 rings (SSSR count). The highest BCUT2D eigenvalue weighted by Crippen LogP contribution is 2.24. The second-order valence-corrected chi connectivity index (χ2v) is 7.04. The highest BCUT2D eigenvalue weighted by molar-refractivity contribution is 6.03. The van der Waals surface area contributed by atoms with E-state index in [2.05, 4.69) is 10.3 Å². The maximum absolute atomic E-state index is 12.8. The molecule has 0 N–H and O–H groups in total. The van der Waals surface area contributed by atoms with E-state index in [1.807, 2.05) is 36.1 Å². The molecular weight excluding hydrogens is 346 g/mol. The van der Waals surface area contributed by atoms with Gasteiger partial charge in [0.2, 0.25) is 5.76 Å². The van der Waals surface area contributed by atoms with Crippen LogP contribution < -0.4 is 5.69 Å². The molecule has 3 aromatic rings. The largest absolute Gasteiger partial charge is 0.350 e. The first kappa shape index (κ1) is 17.5. The molecule has 0 atom stereocenters. The van der Waals surface area contributed by atoms with Crippen LogP contribution in [0.15, 0.2) is 33.6 Å². The number of aromatic nitrogens is 4. The van der Waals surface area contributed by atoms with Gasteiger partial charge in [0.25, 0.3) is 5.91 Å². The summed E-state index contributed by atoms with van der Waals surface area (Å²) in [6.07, 6.45) is 2.52. The summed E-state index contributed by atoms with van der Waals surface area (Å²) in [5.41, 5.74) is 0.626. The van der Waals surface area contributed by atoms with Gasteiger partial charge in [0.15, 0.2) is 0 Å². The van der Waals surface area contributed by atoms with E-state index >= 15 is 0 Å². The second kappa shape index (κ2) is 7.02. The van der Waals surface area contributed by atoms with Gasteiger partial charge in [-0.15, -0.1) is 0 Å². The zero-order chi connectivity index (χ0) is 19.0. The van der Waals surface area contributed by atoms with Crippen LogP contribution in [0, 0.1) is 5.92 Å². The molecule has 0 aliphatic carbocycles. The van der Waals surface area contributed by atoms with Crippen molar-refractivity contribution < 1.29 is 9.32 Å². The van der Waals surface area contributed by atoms with Crippen molar-refractivity contribution >= 4 is 16.8 Å². The van der Waals surface area contributed by atoms with Crippen LogP contribution in [0.1, 0.15) is 36.1 Å². The predicted molar refractivity (Wildman–Crippen MR) is 99.5 cm³/mol. The standard InChI is InChI=1S/C19H23N5O3/c1-3-24-16(20-22(2)19(24)26)12-13-8-10-23(11-9-13)18(25)17-14-6-4-5-7-15(14)21-27-17/h4-7,13H,3,8-12H2,1-2H3. The number of carbonyl (C=O) groups excluding carboxylic acids is 1. The highest BCUT2D eigenvalue weighted by atomic mass is 16.5. The number of hydrogen-bond donors (Lipinski definition) is 0. The van der Waals surface area contributed by atoms with E-state index in [0.29, 0.717) is 36.8 Å². The maximum atomic E-state index is 12.8. The van der Waals surface area contributed by atoms with E-state index < -0.39 is 0 Å². The molecule has 8 nitrogen and oxygen atoms in total. The summed E-state index contributed by atoms with van der Waals surface area (Å²) < 4.78 is 8.42. The number of hydrogen-bond acceptors (Lipinski definition) is 5. The molecule has 0 spiro atoms. The highest BCUT2D eigenvalue weighted by Gasteiger charge is 2.28. The van der Waals surface area contributed by atoms with Crippen LogP contribution in [0.25, 0.3) is 10.9 Å². The van der Waals surface area contributed by atoms with Gasteiger partial charge in [-0.3, -0.25) is 9.36 Å². The van der Waals surface area contributed by atoms with Gasteiger partial charge < -0.3 is 9.42 Å². The Morgan fingerprint density at radius 3 is 2.74 bits per heavy atom. The fourth-order valence-corrected chi connectivity index (χ4v) is 3.81. The summed E-state index contributed by atoms with van der Waals surface area (Å²) in [5, 5.41) is 9.09. The molecule has 1 aromatic carbocycles. The molecule has 142 valence electrons. The quantitative estimate of drug-likeness (QED) is 0.700. The minimum Gasteiger partial charge on any atom is -0.350 e. The van der Waals surface area contributed by atoms with Gasteiger partial charge in [0.05, 0.1) is 5.39 Å². The van der Waals surface area contributed by atoms with Gasteiger partial charge in [-0.1, -0.05) is 17.3 Å². The van der Waals surface area contributed by atoms with E-state index in [0.717, 1.165) is 30.5 Å². The summed E-state index contributed by atoms with van der Waals surface area (Å²) in [4.78, 5) is 26.7.